The van der Waals surface area contributed by atoms with E-state index in [2.05, 4.69) is 34.1 Å². The Bertz CT molecular complexity index is 971. The molecule has 2 aromatic rings. The molecule has 1 aromatic heterocycles. The molecule has 1 aliphatic heterocycles. The molecule has 2 aliphatic rings. The lowest BCUT2D eigenvalue weighted by Crippen LogP contribution is -2.32. The summed E-state index contributed by atoms with van der Waals surface area (Å²) in [5.74, 6) is 0.0222. The van der Waals surface area contributed by atoms with Crippen molar-refractivity contribution in [1.29, 1.82) is 0 Å². The molecule has 1 saturated carbocycles. The Hall–Kier alpha value is -2.41. The zero-order chi connectivity index (χ0) is 23.7. The van der Waals surface area contributed by atoms with Crippen LogP contribution in [0.4, 0.5) is 13.2 Å². The van der Waals surface area contributed by atoms with Crippen molar-refractivity contribution in [1.82, 2.24) is 9.88 Å². The third-order valence-corrected chi connectivity index (χ3v) is 7.15. The number of benzene rings is 1. The van der Waals surface area contributed by atoms with E-state index in [4.69, 9.17) is 4.74 Å². The molecule has 1 saturated heterocycles. The van der Waals surface area contributed by atoms with E-state index in [1.165, 1.54) is 30.7 Å². The first-order valence-corrected chi connectivity index (χ1v) is 11.5. The van der Waals surface area contributed by atoms with Crippen molar-refractivity contribution >= 4 is 5.78 Å². The van der Waals surface area contributed by atoms with Crippen molar-refractivity contribution in [3.8, 4) is 5.88 Å². The Morgan fingerprint density at radius 2 is 1.88 bits per heavy atom. The number of hydrogen-bond donors (Lipinski definition) is 0. The van der Waals surface area contributed by atoms with Gasteiger partial charge in [0.05, 0.1) is 5.41 Å². The summed E-state index contributed by atoms with van der Waals surface area (Å²) in [4.78, 5) is 19.2. The number of nitrogens with zero attached hydrogens (tertiary/aromatic N) is 2. The van der Waals surface area contributed by atoms with Gasteiger partial charge in [-0.1, -0.05) is 30.3 Å². The number of likely N-dealkylation sites (tertiary alicyclic amines) is 1. The lowest BCUT2D eigenvalue weighted by atomic mass is 9.82. The maximum absolute atomic E-state index is 13.2. The van der Waals surface area contributed by atoms with Crippen LogP contribution >= 0.6 is 0 Å². The normalized spacial score (nSPS) is 20.2. The van der Waals surface area contributed by atoms with Crippen molar-refractivity contribution in [2.24, 2.45) is 16.7 Å². The summed E-state index contributed by atoms with van der Waals surface area (Å²) in [7, 11) is 0. The second-order valence-corrected chi connectivity index (χ2v) is 10.2. The number of ether oxygens (including phenoxy) is 1. The quantitative estimate of drug-likeness (QED) is 0.477. The van der Waals surface area contributed by atoms with Crippen molar-refractivity contribution in [3.05, 3.63) is 59.8 Å². The van der Waals surface area contributed by atoms with E-state index in [1.807, 2.05) is 6.07 Å². The first-order chi connectivity index (χ1) is 15.6. The van der Waals surface area contributed by atoms with E-state index >= 15 is 0 Å². The van der Waals surface area contributed by atoms with Crippen molar-refractivity contribution in [2.75, 3.05) is 19.7 Å². The molecule has 1 aromatic carbocycles. The van der Waals surface area contributed by atoms with Gasteiger partial charge in [0.2, 0.25) is 5.88 Å². The van der Waals surface area contributed by atoms with Gasteiger partial charge in [0.15, 0.2) is 0 Å². The van der Waals surface area contributed by atoms with Crippen molar-refractivity contribution < 1.29 is 22.7 Å². The first kappa shape index (κ1) is 23.7. The van der Waals surface area contributed by atoms with E-state index in [1.54, 1.807) is 13.8 Å². The third kappa shape index (κ3) is 5.57. The van der Waals surface area contributed by atoms with E-state index in [9.17, 15) is 18.0 Å². The van der Waals surface area contributed by atoms with Gasteiger partial charge < -0.3 is 4.74 Å². The van der Waals surface area contributed by atoms with Gasteiger partial charge in [-0.2, -0.15) is 13.2 Å². The molecule has 33 heavy (non-hydrogen) atoms. The van der Waals surface area contributed by atoms with Crippen LogP contribution < -0.4 is 4.74 Å². The summed E-state index contributed by atoms with van der Waals surface area (Å²) in [5.41, 5.74) is -0.172. The van der Waals surface area contributed by atoms with E-state index in [0.717, 1.165) is 32.1 Å². The van der Waals surface area contributed by atoms with Gasteiger partial charge in [0, 0.05) is 32.3 Å². The number of hydrogen-bond acceptors (Lipinski definition) is 4. The van der Waals surface area contributed by atoms with Crippen LogP contribution in [0.2, 0.25) is 0 Å². The zero-order valence-electron chi connectivity index (χ0n) is 19.2. The minimum absolute atomic E-state index is 0.0179. The number of carbonyl (C=O) groups is 1. The van der Waals surface area contributed by atoms with Crippen LogP contribution in [-0.4, -0.2) is 35.4 Å². The van der Waals surface area contributed by atoms with Gasteiger partial charge in [0.25, 0.3) is 0 Å². The summed E-state index contributed by atoms with van der Waals surface area (Å²) in [6, 6.07) is 12.6. The molecule has 2 fully saturated rings. The molecule has 7 heteroatoms. The molecular weight excluding hydrogens is 429 g/mol. The van der Waals surface area contributed by atoms with Gasteiger partial charge in [-0.05, 0) is 62.1 Å². The van der Waals surface area contributed by atoms with Crippen LogP contribution in [0.5, 0.6) is 5.88 Å². The molecule has 178 valence electrons. The summed E-state index contributed by atoms with van der Waals surface area (Å²) in [6.07, 6.45) is 0.356. The Balaban J connectivity index is 1.31. The van der Waals surface area contributed by atoms with Crippen molar-refractivity contribution in [2.45, 2.75) is 52.3 Å². The second-order valence-electron chi connectivity index (χ2n) is 10.2. The number of ketones is 1. The molecular formula is C26H31F3N2O2. The minimum atomic E-state index is -4.55. The molecule has 1 spiro atoms. The summed E-state index contributed by atoms with van der Waals surface area (Å²) in [5, 5.41) is 0. The number of rotatable bonds is 9. The monoisotopic (exact) mass is 460 g/mol. The second kappa shape index (κ2) is 9.09. The fraction of sp³-hybridized carbons (Fsp3) is 0.538. The van der Waals surface area contributed by atoms with Crippen LogP contribution in [0, 0.1) is 16.7 Å². The van der Waals surface area contributed by atoms with Gasteiger partial charge in [-0.3, -0.25) is 9.69 Å². The molecule has 0 N–H and O–H groups in total. The Morgan fingerprint density at radius 1 is 1.15 bits per heavy atom. The highest BCUT2D eigenvalue weighted by Crippen LogP contribution is 2.57. The molecule has 1 atom stereocenters. The smallest absolute Gasteiger partial charge is 0.421 e. The van der Waals surface area contributed by atoms with Gasteiger partial charge in [-0.15, -0.1) is 0 Å². The Labute approximate surface area is 193 Å². The van der Waals surface area contributed by atoms with Crippen molar-refractivity contribution in [3.63, 3.8) is 0 Å². The van der Waals surface area contributed by atoms with Crippen LogP contribution in [0.3, 0.4) is 0 Å². The predicted molar refractivity (Wildman–Crippen MR) is 120 cm³/mol. The lowest BCUT2D eigenvalue weighted by Gasteiger charge is -2.25. The molecule has 0 radical (unpaired) electrons. The number of alkyl halides is 3. The maximum atomic E-state index is 13.2. The maximum Gasteiger partial charge on any atom is 0.421 e. The number of pyridine rings is 1. The average molecular weight is 461 g/mol. The minimum Gasteiger partial charge on any atom is -0.476 e. The average Bonchev–Trinajstić information content (AvgIpc) is 3.47. The summed E-state index contributed by atoms with van der Waals surface area (Å²) < 4.78 is 44.9. The number of aromatic nitrogens is 1. The largest absolute Gasteiger partial charge is 0.476 e. The highest BCUT2D eigenvalue weighted by molar-refractivity contribution is 5.84. The molecule has 0 bridgehead atoms. The molecule has 0 unspecified atom stereocenters. The molecule has 0 amide bonds. The fourth-order valence-corrected chi connectivity index (χ4v) is 4.93. The highest BCUT2D eigenvalue weighted by Gasteiger charge is 2.54. The fourth-order valence-electron chi connectivity index (χ4n) is 4.93. The van der Waals surface area contributed by atoms with Gasteiger partial charge in [0.1, 0.15) is 18.0 Å². The van der Waals surface area contributed by atoms with Crippen LogP contribution in [0.25, 0.3) is 0 Å². The van der Waals surface area contributed by atoms with Gasteiger partial charge in [-0.25, -0.2) is 4.98 Å². The summed E-state index contributed by atoms with van der Waals surface area (Å²) >= 11 is 0. The number of Topliss-reactive ketones (excluding diaryl/α,β-unsaturated/α-hetero) is 1. The van der Waals surface area contributed by atoms with Gasteiger partial charge >= 0.3 is 6.18 Å². The van der Waals surface area contributed by atoms with E-state index < -0.39 is 23.0 Å². The van der Waals surface area contributed by atoms with Crippen LogP contribution in [0.1, 0.15) is 50.7 Å². The standard InChI is InChI=1S/C26H31F3N2O2/c1-24(2,18-33-23-21(26(27,28)29)9-6-14-30-23)22(32)11-10-20-16-31(17-25(20)12-13-25)15-19-7-4-3-5-8-19/h3-9,14,20H,10-13,15-18H2,1-2H3/t20-/m1/s1. The zero-order valence-corrected chi connectivity index (χ0v) is 19.2. The number of halogens is 3. The summed E-state index contributed by atoms with van der Waals surface area (Å²) in [6.45, 7) is 6.32. The molecule has 2 heterocycles. The SMILES string of the molecule is CC(C)(COc1ncccc1C(F)(F)F)C(=O)CC[C@@H]1CN(Cc2ccccc2)CC12CC2. The van der Waals surface area contributed by atoms with Crippen LogP contribution in [0.15, 0.2) is 48.7 Å². The Kier molecular flexibility index (Phi) is 6.54. The highest BCUT2D eigenvalue weighted by atomic mass is 19.4. The lowest BCUT2D eigenvalue weighted by molar-refractivity contribution is -0.139. The molecule has 1 aliphatic carbocycles. The topological polar surface area (TPSA) is 42.4 Å². The third-order valence-electron chi connectivity index (χ3n) is 7.15. The predicted octanol–water partition coefficient (Wildman–Crippen LogP) is 5.77. The first-order valence-electron chi connectivity index (χ1n) is 11.5. The van der Waals surface area contributed by atoms with E-state index in [0.29, 0.717) is 17.8 Å². The Morgan fingerprint density at radius 3 is 2.55 bits per heavy atom. The van der Waals surface area contributed by atoms with E-state index in [-0.39, 0.29) is 12.4 Å². The molecule has 4 rings (SSSR count). The van der Waals surface area contributed by atoms with Crippen LogP contribution in [-0.2, 0) is 17.5 Å². The number of carbonyl (C=O) groups excluding carboxylic acids is 1. The molecule has 4 nitrogen and oxygen atoms in total.